The minimum atomic E-state index is -3.66. The Labute approximate surface area is 193 Å². The average molecular weight is 475 g/mol. The Morgan fingerprint density at radius 2 is 1.94 bits per heavy atom. The number of fused-ring (bicyclic) bond motifs is 1. The molecule has 0 saturated carbocycles. The van der Waals surface area contributed by atoms with Crippen molar-refractivity contribution in [3.63, 3.8) is 0 Å². The zero-order chi connectivity index (χ0) is 23.9. The van der Waals surface area contributed by atoms with Crippen LogP contribution < -0.4 is 5.32 Å². The molecule has 2 aliphatic rings. The van der Waals surface area contributed by atoms with Crippen LogP contribution >= 0.6 is 11.6 Å². The third kappa shape index (κ3) is 4.39. The first-order chi connectivity index (χ1) is 15.6. The molecule has 0 aromatic heterocycles. The summed E-state index contributed by atoms with van der Waals surface area (Å²) < 4.78 is 29.3. The quantitative estimate of drug-likeness (QED) is 0.651. The second kappa shape index (κ2) is 8.67. The van der Waals surface area contributed by atoms with E-state index in [4.69, 9.17) is 11.6 Å². The Hall–Kier alpha value is -3.13. The van der Waals surface area contributed by atoms with Crippen LogP contribution in [0.25, 0.3) is 0 Å². The first-order valence-corrected chi connectivity index (χ1v) is 10.9. The number of nitrogens with zero attached hydrogens (tertiary/aromatic N) is 1. The van der Waals surface area contributed by atoms with Crippen LogP contribution in [0.2, 0.25) is 5.02 Å². The Balaban J connectivity index is 1.44. The number of rotatable bonds is 6. The predicted molar refractivity (Wildman–Crippen MR) is 116 cm³/mol. The molecule has 9 heteroatoms. The SMILES string of the molecule is Cc1ccc(C(F)(F)C(=O)CCc2ccc3c(c2)CN(C2CNC(=O)CC2=O)C3=O)cc1Cl. The maximum atomic E-state index is 14.6. The number of alkyl halides is 2. The Morgan fingerprint density at radius 3 is 2.64 bits per heavy atom. The van der Waals surface area contributed by atoms with Crippen LogP contribution in [0.4, 0.5) is 8.78 Å². The number of halogens is 3. The smallest absolute Gasteiger partial charge is 0.330 e. The molecule has 0 aliphatic carbocycles. The van der Waals surface area contributed by atoms with Crippen molar-refractivity contribution in [2.75, 3.05) is 6.54 Å². The van der Waals surface area contributed by atoms with Gasteiger partial charge >= 0.3 is 5.92 Å². The number of benzene rings is 2. The first kappa shape index (κ1) is 23.0. The number of piperidine rings is 1. The van der Waals surface area contributed by atoms with Gasteiger partial charge in [0.1, 0.15) is 6.04 Å². The van der Waals surface area contributed by atoms with Crippen molar-refractivity contribution in [3.05, 3.63) is 69.2 Å². The summed E-state index contributed by atoms with van der Waals surface area (Å²) in [4.78, 5) is 50.1. The van der Waals surface area contributed by atoms with E-state index in [9.17, 15) is 28.0 Å². The molecule has 1 atom stereocenters. The molecule has 2 aromatic rings. The van der Waals surface area contributed by atoms with Gasteiger partial charge in [-0.15, -0.1) is 0 Å². The van der Waals surface area contributed by atoms with Crippen molar-refractivity contribution in [1.29, 1.82) is 0 Å². The van der Waals surface area contributed by atoms with Crippen LogP contribution in [-0.4, -0.2) is 40.9 Å². The molecule has 4 rings (SSSR count). The molecule has 0 bridgehead atoms. The summed E-state index contributed by atoms with van der Waals surface area (Å²) in [5, 5.41) is 2.76. The molecular formula is C24H21ClF2N2O4. The number of hydrogen-bond donors (Lipinski definition) is 1. The molecule has 0 radical (unpaired) electrons. The summed E-state index contributed by atoms with van der Waals surface area (Å²) in [7, 11) is 0. The van der Waals surface area contributed by atoms with Gasteiger partial charge in [-0.1, -0.05) is 35.9 Å². The van der Waals surface area contributed by atoms with Crippen molar-refractivity contribution < 1.29 is 28.0 Å². The lowest BCUT2D eigenvalue weighted by atomic mass is 9.97. The standard InChI is InChI=1S/C24H21ClF2N2O4/c1-13-2-5-16(9-18(13)25)24(26,27)21(31)7-4-14-3-6-17-15(8-14)12-29(23(17)33)19-11-28-22(32)10-20(19)30/h2-3,5-6,8-9,19H,4,7,10-12H2,1H3,(H,28,32). The molecule has 1 fully saturated rings. The normalized spacial score (nSPS) is 18.4. The fourth-order valence-electron chi connectivity index (χ4n) is 4.11. The van der Waals surface area contributed by atoms with E-state index in [-0.39, 0.29) is 55.0 Å². The predicted octanol–water partition coefficient (Wildman–Crippen LogP) is 3.36. The van der Waals surface area contributed by atoms with Gasteiger partial charge in [-0.25, -0.2) is 0 Å². The molecule has 0 spiro atoms. The summed E-state index contributed by atoms with van der Waals surface area (Å²) in [6.45, 7) is 1.93. The minimum Gasteiger partial charge on any atom is -0.353 e. The lowest BCUT2D eigenvalue weighted by molar-refractivity contribution is -0.144. The highest BCUT2D eigenvalue weighted by Gasteiger charge is 2.41. The Morgan fingerprint density at radius 1 is 1.18 bits per heavy atom. The van der Waals surface area contributed by atoms with E-state index in [2.05, 4.69) is 5.32 Å². The van der Waals surface area contributed by atoms with Gasteiger partial charge < -0.3 is 10.2 Å². The van der Waals surface area contributed by atoms with Gasteiger partial charge in [0.25, 0.3) is 5.91 Å². The molecule has 2 amide bonds. The zero-order valence-electron chi connectivity index (χ0n) is 17.8. The van der Waals surface area contributed by atoms with E-state index in [1.165, 1.54) is 17.0 Å². The molecule has 1 saturated heterocycles. The first-order valence-electron chi connectivity index (χ1n) is 10.5. The van der Waals surface area contributed by atoms with Gasteiger partial charge in [0.2, 0.25) is 11.7 Å². The van der Waals surface area contributed by atoms with Gasteiger partial charge in [-0.3, -0.25) is 19.2 Å². The Kier molecular flexibility index (Phi) is 6.05. The maximum absolute atomic E-state index is 14.6. The van der Waals surface area contributed by atoms with Crippen LogP contribution in [0, 0.1) is 6.92 Å². The molecule has 2 aliphatic heterocycles. The molecule has 1 N–H and O–H groups in total. The van der Waals surface area contributed by atoms with E-state index < -0.39 is 23.3 Å². The number of carbonyl (C=O) groups excluding carboxylic acids is 4. The van der Waals surface area contributed by atoms with Crippen LogP contribution in [0.1, 0.15) is 45.5 Å². The van der Waals surface area contributed by atoms with Gasteiger partial charge in [0.05, 0.1) is 6.42 Å². The van der Waals surface area contributed by atoms with Crippen LogP contribution in [0.3, 0.4) is 0 Å². The monoisotopic (exact) mass is 474 g/mol. The van der Waals surface area contributed by atoms with Crippen molar-refractivity contribution in [2.45, 2.75) is 44.7 Å². The van der Waals surface area contributed by atoms with Crippen LogP contribution in [-0.2, 0) is 33.3 Å². The second-order valence-electron chi connectivity index (χ2n) is 8.35. The summed E-state index contributed by atoms with van der Waals surface area (Å²) in [6, 6.07) is 7.94. The van der Waals surface area contributed by atoms with Gasteiger partial charge in [0.15, 0.2) is 5.78 Å². The highest BCUT2D eigenvalue weighted by atomic mass is 35.5. The summed E-state index contributed by atoms with van der Waals surface area (Å²) in [5.41, 5.74) is 1.92. The van der Waals surface area contributed by atoms with Crippen molar-refractivity contribution in [1.82, 2.24) is 10.2 Å². The van der Waals surface area contributed by atoms with E-state index >= 15 is 0 Å². The average Bonchev–Trinajstić information content (AvgIpc) is 3.09. The van der Waals surface area contributed by atoms with Gasteiger partial charge in [-0.05, 0) is 42.2 Å². The highest BCUT2D eigenvalue weighted by molar-refractivity contribution is 6.31. The number of amides is 2. The largest absolute Gasteiger partial charge is 0.353 e. The van der Waals surface area contributed by atoms with Gasteiger partial charge in [0, 0.05) is 35.7 Å². The van der Waals surface area contributed by atoms with E-state index in [0.29, 0.717) is 22.3 Å². The molecule has 6 nitrogen and oxygen atoms in total. The third-order valence-electron chi connectivity index (χ3n) is 6.10. The van der Waals surface area contributed by atoms with E-state index in [0.717, 1.165) is 6.07 Å². The molecule has 2 aromatic carbocycles. The molecule has 2 heterocycles. The number of carbonyl (C=O) groups is 4. The minimum absolute atomic E-state index is 0.0663. The summed E-state index contributed by atoms with van der Waals surface area (Å²) >= 11 is 5.93. The second-order valence-corrected chi connectivity index (χ2v) is 8.76. The van der Waals surface area contributed by atoms with Gasteiger partial charge in [-0.2, -0.15) is 8.78 Å². The number of nitrogens with one attached hydrogen (secondary N) is 1. The fraction of sp³-hybridized carbons (Fsp3) is 0.333. The van der Waals surface area contributed by atoms with Crippen LogP contribution in [0.15, 0.2) is 36.4 Å². The lowest BCUT2D eigenvalue weighted by Gasteiger charge is -2.29. The van der Waals surface area contributed by atoms with Crippen molar-refractivity contribution >= 4 is 35.0 Å². The fourth-order valence-corrected chi connectivity index (χ4v) is 4.30. The Bertz CT molecular complexity index is 1180. The topological polar surface area (TPSA) is 83.6 Å². The van der Waals surface area contributed by atoms with Crippen molar-refractivity contribution in [3.8, 4) is 0 Å². The van der Waals surface area contributed by atoms with E-state index in [1.807, 2.05) is 0 Å². The third-order valence-corrected chi connectivity index (χ3v) is 6.51. The lowest BCUT2D eigenvalue weighted by Crippen LogP contribution is -2.53. The maximum Gasteiger partial charge on any atom is 0.330 e. The highest BCUT2D eigenvalue weighted by Crippen LogP contribution is 2.34. The molecule has 1 unspecified atom stereocenters. The summed E-state index contributed by atoms with van der Waals surface area (Å²) in [5.74, 6) is -5.87. The zero-order valence-corrected chi connectivity index (χ0v) is 18.5. The number of aryl methyl sites for hydroxylation is 2. The molecular weight excluding hydrogens is 454 g/mol. The van der Waals surface area contributed by atoms with Crippen molar-refractivity contribution in [2.24, 2.45) is 0 Å². The number of Topliss-reactive ketones (excluding diaryl/α,β-unsaturated/α-hetero) is 2. The van der Waals surface area contributed by atoms with Crippen LogP contribution in [0.5, 0.6) is 0 Å². The summed E-state index contributed by atoms with van der Waals surface area (Å²) in [6.07, 6.45) is -0.575. The number of ketones is 2. The number of hydrogen-bond acceptors (Lipinski definition) is 4. The molecule has 33 heavy (non-hydrogen) atoms. The van der Waals surface area contributed by atoms with E-state index in [1.54, 1.807) is 25.1 Å². The molecule has 172 valence electrons.